The number of carbonyl (C=O) groups excluding carboxylic acids is 3. The van der Waals surface area contributed by atoms with E-state index in [1.807, 2.05) is 6.92 Å². The van der Waals surface area contributed by atoms with Gasteiger partial charge in [0.15, 0.2) is 0 Å². The van der Waals surface area contributed by atoms with Crippen LogP contribution in [0.15, 0.2) is 48.5 Å². The molecule has 0 spiro atoms. The molecule has 2 aromatic carbocycles. The Hall–Kier alpha value is -3.39. The molecule has 0 aliphatic rings. The molecule has 0 radical (unpaired) electrons. The van der Waals surface area contributed by atoms with E-state index in [1.165, 1.54) is 25.3 Å². The predicted molar refractivity (Wildman–Crippen MR) is 124 cm³/mol. The molecular formula is C25H32N2O6. The summed E-state index contributed by atoms with van der Waals surface area (Å²) in [5, 5.41) is 21.1. The van der Waals surface area contributed by atoms with Gasteiger partial charge in [-0.3, -0.25) is 9.59 Å². The standard InChI is InChI=1S/C25H32N2O6/c1-3-13-27(14-4-5-15-28)24(31)20-8-6-7-19(17-20)23(30)26-22(25(32)33-2)16-18-9-11-21(29)12-10-18/h6-12,17,22,28-29H,3-5,13-16H2,1-2H3,(H,26,30)/t22-/m0/s1. The number of methoxy groups -OCH3 is 1. The zero-order valence-corrected chi connectivity index (χ0v) is 19.1. The minimum atomic E-state index is -0.929. The van der Waals surface area contributed by atoms with Crippen LogP contribution in [0.3, 0.4) is 0 Å². The molecule has 0 fully saturated rings. The van der Waals surface area contributed by atoms with Crippen molar-refractivity contribution in [2.75, 3.05) is 26.8 Å². The van der Waals surface area contributed by atoms with Crippen LogP contribution >= 0.6 is 0 Å². The molecule has 0 saturated carbocycles. The Morgan fingerprint density at radius 2 is 1.73 bits per heavy atom. The molecule has 2 aromatic rings. The number of aliphatic hydroxyl groups is 1. The summed E-state index contributed by atoms with van der Waals surface area (Å²) in [6, 6.07) is 11.8. The number of carbonyl (C=O) groups is 3. The zero-order valence-electron chi connectivity index (χ0n) is 19.1. The number of nitrogens with zero attached hydrogens (tertiary/aromatic N) is 1. The first-order valence-corrected chi connectivity index (χ1v) is 11.1. The number of phenols is 1. The third-order valence-corrected chi connectivity index (χ3v) is 5.16. The quantitative estimate of drug-likeness (QED) is 0.334. The molecule has 1 atom stereocenters. The van der Waals surface area contributed by atoms with Crippen LogP contribution in [0.1, 0.15) is 52.5 Å². The molecule has 0 aliphatic heterocycles. The number of aromatic hydroxyl groups is 1. The monoisotopic (exact) mass is 456 g/mol. The number of rotatable bonds is 12. The van der Waals surface area contributed by atoms with Gasteiger partial charge in [0.2, 0.25) is 0 Å². The summed E-state index contributed by atoms with van der Waals surface area (Å²) in [4.78, 5) is 39.8. The third kappa shape index (κ3) is 7.91. The average Bonchev–Trinajstić information content (AvgIpc) is 2.83. The van der Waals surface area contributed by atoms with E-state index in [-0.39, 0.29) is 30.2 Å². The number of esters is 1. The Bertz CT molecular complexity index is 929. The molecule has 0 heterocycles. The number of unbranched alkanes of at least 4 members (excludes halogenated alkanes) is 1. The number of benzene rings is 2. The zero-order chi connectivity index (χ0) is 24.2. The van der Waals surface area contributed by atoms with Crippen molar-refractivity contribution in [1.82, 2.24) is 10.2 Å². The lowest BCUT2D eigenvalue weighted by Gasteiger charge is -2.22. The fraction of sp³-hybridized carbons (Fsp3) is 0.400. The highest BCUT2D eigenvalue weighted by Crippen LogP contribution is 2.14. The van der Waals surface area contributed by atoms with Gasteiger partial charge in [0, 0.05) is 37.2 Å². The van der Waals surface area contributed by atoms with E-state index >= 15 is 0 Å². The van der Waals surface area contributed by atoms with E-state index in [0.717, 1.165) is 12.0 Å². The summed E-state index contributed by atoms with van der Waals surface area (Å²) in [6.45, 7) is 3.17. The highest BCUT2D eigenvalue weighted by Gasteiger charge is 2.23. The molecule has 0 aromatic heterocycles. The summed E-state index contributed by atoms with van der Waals surface area (Å²) in [7, 11) is 1.25. The van der Waals surface area contributed by atoms with E-state index in [9.17, 15) is 19.5 Å². The minimum absolute atomic E-state index is 0.0787. The first-order valence-electron chi connectivity index (χ1n) is 11.1. The molecule has 178 valence electrons. The van der Waals surface area contributed by atoms with Crippen LogP contribution in [-0.2, 0) is 16.0 Å². The number of hydrogen-bond donors (Lipinski definition) is 3. The lowest BCUT2D eigenvalue weighted by molar-refractivity contribution is -0.142. The van der Waals surface area contributed by atoms with Crippen molar-refractivity contribution >= 4 is 17.8 Å². The van der Waals surface area contributed by atoms with Gasteiger partial charge in [-0.25, -0.2) is 4.79 Å². The minimum Gasteiger partial charge on any atom is -0.508 e. The SMILES string of the molecule is CCCN(CCCCO)C(=O)c1cccc(C(=O)N[C@@H](Cc2ccc(O)cc2)C(=O)OC)c1. The molecule has 2 rings (SSSR count). The van der Waals surface area contributed by atoms with Crippen molar-refractivity contribution in [1.29, 1.82) is 0 Å². The van der Waals surface area contributed by atoms with Gasteiger partial charge in [0.1, 0.15) is 11.8 Å². The first kappa shape index (κ1) is 25.9. The summed E-state index contributed by atoms with van der Waals surface area (Å²) in [5.74, 6) is -1.17. The van der Waals surface area contributed by atoms with Crippen molar-refractivity contribution < 1.29 is 29.3 Å². The normalized spacial score (nSPS) is 11.5. The molecule has 8 nitrogen and oxygen atoms in total. The van der Waals surface area contributed by atoms with Crippen LogP contribution < -0.4 is 5.32 Å². The van der Waals surface area contributed by atoms with Gasteiger partial charge in [-0.2, -0.15) is 0 Å². The highest BCUT2D eigenvalue weighted by atomic mass is 16.5. The number of phenolic OH excluding ortho intramolecular Hbond substituents is 1. The molecule has 33 heavy (non-hydrogen) atoms. The highest BCUT2D eigenvalue weighted by molar-refractivity contribution is 6.00. The van der Waals surface area contributed by atoms with E-state index in [1.54, 1.807) is 35.2 Å². The number of hydrogen-bond acceptors (Lipinski definition) is 6. The first-order chi connectivity index (χ1) is 15.9. The Morgan fingerprint density at radius 3 is 2.36 bits per heavy atom. The van der Waals surface area contributed by atoms with Crippen LogP contribution in [0.4, 0.5) is 0 Å². The van der Waals surface area contributed by atoms with Crippen LogP contribution in [0.25, 0.3) is 0 Å². The maximum atomic E-state index is 13.0. The maximum Gasteiger partial charge on any atom is 0.328 e. The van der Waals surface area contributed by atoms with Crippen molar-refractivity contribution in [3.63, 3.8) is 0 Å². The molecular weight excluding hydrogens is 424 g/mol. The lowest BCUT2D eigenvalue weighted by atomic mass is 10.0. The fourth-order valence-corrected chi connectivity index (χ4v) is 3.42. The second-order valence-corrected chi connectivity index (χ2v) is 7.72. The van der Waals surface area contributed by atoms with Crippen molar-refractivity contribution in [3.8, 4) is 5.75 Å². The Labute approximate surface area is 194 Å². The van der Waals surface area contributed by atoms with Gasteiger partial charge < -0.3 is 25.2 Å². The second kappa shape index (κ2) is 13.2. The van der Waals surface area contributed by atoms with Gasteiger partial charge in [0.25, 0.3) is 11.8 Å². The van der Waals surface area contributed by atoms with E-state index < -0.39 is 17.9 Å². The average molecular weight is 457 g/mol. The lowest BCUT2D eigenvalue weighted by Crippen LogP contribution is -2.43. The number of aliphatic hydroxyl groups excluding tert-OH is 1. The molecule has 0 saturated heterocycles. The molecule has 2 amide bonds. The number of nitrogens with one attached hydrogen (secondary N) is 1. The summed E-state index contributed by atoms with van der Waals surface area (Å²) >= 11 is 0. The van der Waals surface area contributed by atoms with E-state index in [4.69, 9.17) is 9.84 Å². The van der Waals surface area contributed by atoms with Crippen LogP contribution in [0.2, 0.25) is 0 Å². The summed E-state index contributed by atoms with van der Waals surface area (Å²) in [5.41, 5.74) is 1.38. The molecule has 8 heteroatoms. The number of ether oxygens (including phenoxy) is 1. The van der Waals surface area contributed by atoms with E-state index in [0.29, 0.717) is 31.5 Å². The van der Waals surface area contributed by atoms with Gasteiger partial charge in [-0.15, -0.1) is 0 Å². The maximum absolute atomic E-state index is 13.0. The van der Waals surface area contributed by atoms with Crippen LogP contribution in [-0.4, -0.2) is 65.7 Å². The molecule has 0 aliphatic carbocycles. The predicted octanol–water partition coefficient (Wildman–Crippen LogP) is 2.53. The Balaban J connectivity index is 2.15. The van der Waals surface area contributed by atoms with Crippen molar-refractivity contribution in [2.24, 2.45) is 0 Å². The van der Waals surface area contributed by atoms with Gasteiger partial charge in [0.05, 0.1) is 7.11 Å². The smallest absolute Gasteiger partial charge is 0.328 e. The molecule has 3 N–H and O–H groups in total. The molecule has 0 unspecified atom stereocenters. The van der Waals surface area contributed by atoms with Gasteiger partial charge in [-0.05, 0) is 55.2 Å². The largest absolute Gasteiger partial charge is 0.508 e. The van der Waals surface area contributed by atoms with Crippen LogP contribution in [0.5, 0.6) is 5.75 Å². The third-order valence-electron chi connectivity index (χ3n) is 5.16. The van der Waals surface area contributed by atoms with Crippen molar-refractivity contribution in [2.45, 2.75) is 38.6 Å². The van der Waals surface area contributed by atoms with Gasteiger partial charge >= 0.3 is 5.97 Å². The summed E-state index contributed by atoms with van der Waals surface area (Å²) < 4.78 is 4.83. The Morgan fingerprint density at radius 1 is 1.03 bits per heavy atom. The molecule has 0 bridgehead atoms. The summed E-state index contributed by atoms with van der Waals surface area (Å²) in [6.07, 6.45) is 2.29. The van der Waals surface area contributed by atoms with Gasteiger partial charge in [-0.1, -0.05) is 25.1 Å². The van der Waals surface area contributed by atoms with Crippen LogP contribution in [0, 0.1) is 0 Å². The Kier molecular flexibility index (Phi) is 10.4. The topological polar surface area (TPSA) is 116 Å². The second-order valence-electron chi connectivity index (χ2n) is 7.72. The fourth-order valence-electron chi connectivity index (χ4n) is 3.42. The number of amides is 2. The van der Waals surface area contributed by atoms with Crippen molar-refractivity contribution in [3.05, 3.63) is 65.2 Å². The van der Waals surface area contributed by atoms with E-state index in [2.05, 4.69) is 5.32 Å².